The fourth-order valence-corrected chi connectivity index (χ4v) is 5.93. The average molecular weight is 581 g/mol. The number of aromatic nitrogens is 5. The third kappa shape index (κ3) is 6.77. The molecule has 186 valence electrons. The van der Waals surface area contributed by atoms with Crippen molar-refractivity contribution in [3.63, 3.8) is 0 Å². The van der Waals surface area contributed by atoms with Gasteiger partial charge in [-0.2, -0.15) is 0 Å². The molecular formula is C22H19Cl2N7O2S3. The number of anilines is 1. The van der Waals surface area contributed by atoms with Crippen LogP contribution in [-0.2, 0) is 11.3 Å². The van der Waals surface area contributed by atoms with Crippen LogP contribution in [0.5, 0.6) is 0 Å². The van der Waals surface area contributed by atoms with E-state index < -0.39 is 0 Å². The van der Waals surface area contributed by atoms with E-state index in [0.717, 1.165) is 15.8 Å². The lowest BCUT2D eigenvalue weighted by molar-refractivity contribution is -0.113. The Balaban J connectivity index is 1.46. The van der Waals surface area contributed by atoms with Gasteiger partial charge in [-0.25, -0.2) is 0 Å². The molecule has 0 atom stereocenters. The summed E-state index contributed by atoms with van der Waals surface area (Å²) in [5.74, 6) is 0.855. The van der Waals surface area contributed by atoms with Gasteiger partial charge in [0.2, 0.25) is 11.0 Å². The minimum Gasteiger partial charge on any atom is -0.345 e. The summed E-state index contributed by atoms with van der Waals surface area (Å²) in [5, 5.41) is 23.8. The topological polar surface area (TPSA) is 115 Å². The van der Waals surface area contributed by atoms with Gasteiger partial charge < -0.3 is 5.32 Å². The molecule has 0 aliphatic carbocycles. The fraction of sp³-hybridized carbons (Fsp3) is 0.182. The van der Waals surface area contributed by atoms with Crippen LogP contribution in [0.1, 0.15) is 23.1 Å². The largest absolute Gasteiger partial charge is 0.345 e. The Hall–Kier alpha value is -2.64. The highest BCUT2D eigenvalue weighted by Gasteiger charge is 2.18. The maximum Gasteiger partial charge on any atom is 0.253 e. The zero-order valence-electron chi connectivity index (χ0n) is 18.8. The molecule has 2 N–H and O–H groups in total. The van der Waals surface area contributed by atoms with Crippen LogP contribution in [0, 0.1) is 0 Å². The van der Waals surface area contributed by atoms with Crippen LogP contribution in [0.15, 0.2) is 58.0 Å². The molecule has 0 radical (unpaired) electrons. The second kappa shape index (κ2) is 12.5. The SMILES string of the molecule is CCSc1nnc(NC(=O)CSc2nnc(CNC(=O)c3ccc(Cl)cc3Cl)n2-c2ccccc2)s1. The number of benzene rings is 2. The van der Waals surface area contributed by atoms with Gasteiger partial charge in [0.1, 0.15) is 0 Å². The number of carbonyl (C=O) groups is 2. The van der Waals surface area contributed by atoms with Gasteiger partial charge in [0, 0.05) is 10.7 Å². The number of hydrogen-bond donors (Lipinski definition) is 2. The number of rotatable bonds is 10. The molecule has 4 rings (SSSR count). The predicted octanol–water partition coefficient (Wildman–Crippen LogP) is 5.20. The van der Waals surface area contributed by atoms with Gasteiger partial charge in [-0.05, 0) is 36.1 Å². The summed E-state index contributed by atoms with van der Waals surface area (Å²) in [6.45, 7) is 2.12. The second-order valence-electron chi connectivity index (χ2n) is 7.02. The van der Waals surface area contributed by atoms with E-state index in [1.807, 2.05) is 37.3 Å². The predicted molar refractivity (Wildman–Crippen MR) is 145 cm³/mol. The molecule has 2 aromatic carbocycles. The van der Waals surface area contributed by atoms with Crippen molar-refractivity contribution in [2.45, 2.75) is 23.0 Å². The molecule has 4 aromatic rings. The molecule has 9 nitrogen and oxygen atoms in total. The summed E-state index contributed by atoms with van der Waals surface area (Å²) < 4.78 is 2.60. The maximum atomic E-state index is 12.7. The third-order valence-electron chi connectivity index (χ3n) is 4.55. The van der Waals surface area contributed by atoms with Crippen molar-refractivity contribution in [3.05, 3.63) is 70.0 Å². The molecule has 0 fully saturated rings. The Labute approximate surface area is 229 Å². The van der Waals surface area contributed by atoms with Gasteiger partial charge in [0.25, 0.3) is 5.91 Å². The van der Waals surface area contributed by atoms with E-state index in [1.54, 1.807) is 28.5 Å². The molecule has 0 aliphatic rings. The van der Waals surface area contributed by atoms with Crippen LogP contribution in [0.3, 0.4) is 0 Å². The highest BCUT2D eigenvalue weighted by Crippen LogP contribution is 2.26. The van der Waals surface area contributed by atoms with E-state index in [1.165, 1.54) is 29.2 Å². The summed E-state index contributed by atoms with van der Waals surface area (Å²) in [6, 6.07) is 14.1. The standard InChI is InChI=1S/C22H19Cl2N7O2S3/c1-2-34-22-30-28-20(36-22)26-18(32)12-35-21-29-27-17(31(21)14-6-4-3-5-7-14)11-25-19(33)15-9-8-13(23)10-16(15)24/h3-10H,2,11-12H2,1H3,(H,25,33)(H,26,28,32). The van der Waals surface area contributed by atoms with Crippen molar-refractivity contribution in [1.82, 2.24) is 30.3 Å². The minimum absolute atomic E-state index is 0.0908. The second-order valence-corrected chi connectivity index (χ2v) is 11.3. The van der Waals surface area contributed by atoms with Crippen molar-refractivity contribution in [3.8, 4) is 5.69 Å². The molecule has 0 spiro atoms. The molecule has 0 bridgehead atoms. The maximum absolute atomic E-state index is 12.7. The van der Waals surface area contributed by atoms with E-state index in [4.69, 9.17) is 23.2 Å². The van der Waals surface area contributed by atoms with Crippen molar-refractivity contribution >= 4 is 75.0 Å². The van der Waals surface area contributed by atoms with E-state index in [0.29, 0.717) is 26.7 Å². The number of para-hydroxylation sites is 1. The third-order valence-corrected chi connectivity index (χ3v) is 7.88. The lowest BCUT2D eigenvalue weighted by Gasteiger charge is -2.11. The van der Waals surface area contributed by atoms with Gasteiger partial charge in [-0.15, -0.1) is 20.4 Å². The lowest BCUT2D eigenvalue weighted by atomic mass is 10.2. The first-order valence-electron chi connectivity index (χ1n) is 10.6. The molecule has 14 heteroatoms. The number of amides is 2. The molecule has 0 unspecified atom stereocenters. The molecule has 0 saturated heterocycles. The van der Waals surface area contributed by atoms with Gasteiger partial charge >= 0.3 is 0 Å². The zero-order chi connectivity index (χ0) is 25.5. The summed E-state index contributed by atoms with van der Waals surface area (Å²) in [4.78, 5) is 25.2. The van der Waals surface area contributed by atoms with Gasteiger partial charge in [0.15, 0.2) is 15.3 Å². The van der Waals surface area contributed by atoms with Gasteiger partial charge in [-0.3, -0.25) is 19.5 Å². The Bertz CT molecular complexity index is 1360. The van der Waals surface area contributed by atoms with E-state index in [2.05, 4.69) is 31.0 Å². The van der Waals surface area contributed by atoms with Gasteiger partial charge in [0.05, 0.1) is 22.9 Å². The first-order chi connectivity index (χ1) is 17.4. The minimum atomic E-state index is -0.370. The van der Waals surface area contributed by atoms with Crippen molar-refractivity contribution in [2.24, 2.45) is 0 Å². The molecule has 2 heterocycles. The van der Waals surface area contributed by atoms with Crippen LogP contribution >= 0.6 is 58.1 Å². The quantitative estimate of drug-likeness (QED) is 0.194. The van der Waals surface area contributed by atoms with E-state index in [9.17, 15) is 9.59 Å². The number of nitrogens with zero attached hydrogens (tertiary/aromatic N) is 5. The summed E-state index contributed by atoms with van der Waals surface area (Å²) in [7, 11) is 0. The number of carbonyl (C=O) groups excluding carboxylic acids is 2. The normalized spacial score (nSPS) is 10.9. The summed E-state index contributed by atoms with van der Waals surface area (Å²) in [6.07, 6.45) is 0. The van der Waals surface area contributed by atoms with Crippen LogP contribution < -0.4 is 10.6 Å². The van der Waals surface area contributed by atoms with Crippen molar-refractivity contribution < 1.29 is 9.59 Å². The van der Waals surface area contributed by atoms with E-state index >= 15 is 0 Å². The van der Waals surface area contributed by atoms with Crippen molar-refractivity contribution in [1.29, 1.82) is 0 Å². The fourth-order valence-electron chi connectivity index (χ4n) is 3.00. The van der Waals surface area contributed by atoms with Crippen LogP contribution in [0.4, 0.5) is 5.13 Å². The van der Waals surface area contributed by atoms with Crippen LogP contribution in [-0.4, -0.2) is 48.3 Å². The highest BCUT2D eigenvalue weighted by molar-refractivity contribution is 8.01. The van der Waals surface area contributed by atoms with Crippen LogP contribution in [0.25, 0.3) is 5.69 Å². The number of nitrogens with one attached hydrogen (secondary N) is 2. The highest BCUT2D eigenvalue weighted by atomic mass is 35.5. The zero-order valence-corrected chi connectivity index (χ0v) is 22.7. The Morgan fingerprint density at radius 2 is 1.83 bits per heavy atom. The molecular weight excluding hydrogens is 561 g/mol. The molecule has 2 aromatic heterocycles. The first kappa shape index (κ1) is 26.4. The summed E-state index contributed by atoms with van der Waals surface area (Å²) in [5.41, 5.74) is 1.10. The Morgan fingerprint density at radius 3 is 2.58 bits per heavy atom. The van der Waals surface area contributed by atoms with Gasteiger partial charge in [-0.1, -0.05) is 83.2 Å². The van der Waals surface area contributed by atoms with E-state index in [-0.39, 0.29) is 29.1 Å². The van der Waals surface area contributed by atoms with Crippen molar-refractivity contribution in [2.75, 3.05) is 16.8 Å². The number of hydrogen-bond acceptors (Lipinski definition) is 9. The Morgan fingerprint density at radius 1 is 1.03 bits per heavy atom. The number of thioether (sulfide) groups is 2. The average Bonchev–Trinajstić information content (AvgIpc) is 3.48. The van der Waals surface area contributed by atoms with Crippen LogP contribution in [0.2, 0.25) is 10.0 Å². The number of halogens is 2. The summed E-state index contributed by atoms with van der Waals surface area (Å²) >= 11 is 16.2. The first-order valence-corrected chi connectivity index (χ1v) is 14.1. The smallest absolute Gasteiger partial charge is 0.253 e. The Kier molecular flexibility index (Phi) is 9.21. The lowest BCUT2D eigenvalue weighted by Crippen LogP contribution is -2.25. The monoisotopic (exact) mass is 579 g/mol. The molecule has 2 amide bonds. The molecule has 0 saturated carbocycles. The molecule has 0 aliphatic heterocycles. The molecule has 36 heavy (non-hydrogen) atoms.